The molecule has 152 valence electrons. The Labute approximate surface area is 176 Å². The van der Waals surface area contributed by atoms with E-state index in [1.165, 1.54) is 0 Å². The molecule has 2 aromatic rings. The number of nitrogens with one attached hydrogen (secondary N) is 2. The third-order valence-electron chi connectivity index (χ3n) is 4.06. The Morgan fingerprint density at radius 1 is 1.04 bits per heavy atom. The molecule has 0 unspecified atom stereocenters. The zero-order valence-corrected chi connectivity index (χ0v) is 19.0. The van der Waals surface area contributed by atoms with Crippen molar-refractivity contribution in [2.45, 2.75) is 57.0 Å². The molecule has 0 saturated heterocycles. The van der Waals surface area contributed by atoms with E-state index in [4.69, 9.17) is 0 Å². The van der Waals surface area contributed by atoms with E-state index in [0.29, 0.717) is 12.8 Å². The van der Waals surface area contributed by atoms with Crippen molar-refractivity contribution in [2.75, 3.05) is 0 Å². The summed E-state index contributed by atoms with van der Waals surface area (Å²) in [6.07, 6.45) is 0.888. The number of rotatable bonds is 7. The van der Waals surface area contributed by atoms with Gasteiger partial charge in [-0.1, -0.05) is 40.2 Å². The highest BCUT2D eigenvalue weighted by atomic mass is 79.9. The zero-order chi connectivity index (χ0) is 20.9. The van der Waals surface area contributed by atoms with Crippen LogP contribution in [0, 0.1) is 0 Å². The van der Waals surface area contributed by atoms with E-state index < -0.39 is 15.6 Å². The Hall–Kier alpha value is -1.70. The number of sulfonamides is 1. The minimum Gasteiger partial charge on any atom is -0.350 e. The summed E-state index contributed by atoms with van der Waals surface area (Å²) in [6, 6.07) is 14.4. The minimum atomic E-state index is -3.55. The van der Waals surface area contributed by atoms with Crippen molar-refractivity contribution in [3.05, 3.63) is 64.1 Å². The van der Waals surface area contributed by atoms with Gasteiger partial charge in [-0.15, -0.1) is 0 Å². The lowest BCUT2D eigenvalue weighted by atomic mass is 10.1. The first-order valence-corrected chi connectivity index (χ1v) is 11.4. The van der Waals surface area contributed by atoms with Crippen molar-refractivity contribution in [1.29, 1.82) is 0 Å². The molecular formula is C21H27BrN2O3S. The predicted molar refractivity (Wildman–Crippen MR) is 116 cm³/mol. The predicted octanol–water partition coefficient (Wildman–Crippen LogP) is 4.34. The van der Waals surface area contributed by atoms with Gasteiger partial charge in [-0.3, -0.25) is 4.79 Å². The number of hydrogen-bond donors (Lipinski definition) is 2. The summed E-state index contributed by atoms with van der Waals surface area (Å²) in [5.41, 5.74) is 1.42. The fraction of sp³-hybridized carbons (Fsp3) is 0.381. The normalized spacial score (nSPS) is 13.2. The number of hydrogen-bond acceptors (Lipinski definition) is 3. The smallest absolute Gasteiger partial charge is 0.241 e. The van der Waals surface area contributed by atoms with Crippen LogP contribution in [-0.4, -0.2) is 19.9 Å². The Kier molecular flexibility index (Phi) is 7.42. The molecule has 0 aliphatic carbocycles. The van der Waals surface area contributed by atoms with Crippen LogP contribution >= 0.6 is 15.9 Å². The molecule has 0 fully saturated rings. The summed E-state index contributed by atoms with van der Waals surface area (Å²) in [4.78, 5) is 12.4. The van der Waals surface area contributed by atoms with Gasteiger partial charge in [0.05, 0.1) is 10.9 Å². The highest BCUT2D eigenvalue weighted by Crippen LogP contribution is 2.17. The molecule has 0 saturated carbocycles. The summed E-state index contributed by atoms with van der Waals surface area (Å²) in [7, 11) is -3.55. The van der Waals surface area contributed by atoms with Gasteiger partial charge in [0.15, 0.2) is 0 Å². The molecule has 0 radical (unpaired) electrons. The Morgan fingerprint density at radius 3 is 2.14 bits per heavy atom. The van der Waals surface area contributed by atoms with Crippen LogP contribution in [0.1, 0.15) is 51.3 Å². The third kappa shape index (κ3) is 7.04. The van der Waals surface area contributed by atoms with Gasteiger partial charge >= 0.3 is 0 Å². The van der Waals surface area contributed by atoms with Gasteiger partial charge in [0.1, 0.15) is 0 Å². The third-order valence-corrected chi connectivity index (χ3v) is 6.36. The van der Waals surface area contributed by atoms with Crippen LogP contribution in [0.2, 0.25) is 0 Å². The van der Waals surface area contributed by atoms with Gasteiger partial charge in [-0.25, -0.2) is 13.1 Å². The van der Waals surface area contributed by atoms with Crippen molar-refractivity contribution in [2.24, 2.45) is 0 Å². The van der Waals surface area contributed by atoms with E-state index in [1.807, 2.05) is 31.2 Å². The lowest BCUT2D eigenvalue weighted by molar-refractivity contribution is -0.121. The Morgan fingerprint density at radius 2 is 1.61 bits per heavy atom. The first kappa shape index (κ1) is 22.6. The molecule has 0 aliphatic rings. The molecule has 2 rings (SSSR count). The van der Waals surface area contributed by atoms with Crippen LogP contribution in [0.4, 0.5) is 0 Å². The van der Waals surface area contributed by atoms with Crippen molar-refractivity contribution >= 4 is 31.9 Å². The fourth-order valence-electron chi connectivity index (χ4n) is 2.70. The average Bonchev–Trinajstić information content (AvgIpc) is 2.59. The molecule has 0 heterocycles. The highest BCUT2D eigenvalue weighted by Gasteiger charge is 2.21. The number of aryl methyl sites for hydroxylation is 1. The molecule has 0 aromatic heterocycles. The second-order valence-electron chi connectivity index (χ2n) is 7.84. The monoisotopic (exact) mass is 466 g/mol. The summed E-state index contributed by atoms with van der Waals surface area (Å²) < 4.78 is 28.3. The molecular weight excluding hydrogens is 440 g/mol. The summed E-state index contributed by atoms with van der Waals surface area (Å²) >= 11 is 3.40. The van der Waals surface area contributed by atoms with Crippen LogP contribution < -0.4 is 10.0 Å². The molecule has 5 nitrogen and oxygen atoms in total. The SMILES string of the molecule is C[C@H](NC(=O)CCc1ccc(S(=O)(=O)NC(C)(C)C)cc1)c1ccc(Br)cc1. The number of carbonyl (C=O) groups excluding carboxylic acids is 1. The van der Waals surface area contributed by atoms with E-state index in [1.54, 1.807) is 45.0 Å². The van der Waals surface area contributed by atoms with Crippen molar-refractivity contribution in [3.8, 4) is 0 Å². The van der Waals surface area contributed by atoms with Gasteiger partial charge in [-0.05, 0) is 69.5 Å². The maximum atomic E-state index is 12.3. The number of halogens is 1. The summed E-state index contributed by atoms with van der Waals surface area (Å²) in [5.74, 6) is -0.0403. The Balaban J connectivity index is 1.90. The van der Waals surface area contributed by atoms with E-state index >= 15 is 0 Å². The second kappa shape index (κ2) is 9.20. The fourth-order valence-corrected chi connectivity index (χ4v) is 4.39. The molecule has 7 heteroatoms. The van der Waals surface area contributed by atoms with Crippen molar-refractivity contribution in [1.82, 2.24) is 10.0 Å². The minimum absolute atomic E-state index is 0.0403. The van der Waals surface area contributed by atoms with E-state index in [0.717, 1.165) is 15.6 Å². The van der Waals surface area contributed by atoms with Crippen LogP contribution in [0.5, 0.6) is 0 Å². The van der Waals surface area contributed by atoms with E-state index in [9.17, 15) is 13.2 Å². The second-order valence-corrected chi connectivity index (χ2v) is 10.4. The number of amides is 1. The number of benzene rings is 2. The molecule has 0 aliphatic heterocycles. The zero-order valence-electron chi connectivity index (χ0n) is 16.6. The molecule has 1 amide bonds. The molecule has 2 N–H and O–H groups in total. The lowest BCUT2D eigenvalue weighted by Gasteiger charge is -2.20. The molecule has 2 aromatic carbocycles. The summed E-state index contributed by atoms with van der Waals surface area (Å²) in [6.45, 7) is 7.34. The largest absolute Gasteiger partial charge is 0.350 e. The van der Waals surface area contributed by atoms with Gasteiger partial charge in [0.25, 0.3) is 0 Å². The van der Waals surface area contributed by atoms with E-state index in [-0.39, 0.29) is 16.8 Å². The standard InChI is InChI=1S/C21H27BrN2O3S/c1-15(17-8-10-18(22)11-9-17)23-20(25)14-7-16-5-12-19(13-6-16)28(26,27)24-21(2,3)4/h5-6,8-13,15,24H,7,14H2,1-4H3,(H,23,25)/t15-/m0/s1. The molecule has 28 heavy (non-hydrogen) atoms. The van der Waals surface area contributed by atoms with Crippen molar-refractivity contribution < 1.29 is 13.2 Å². The topological polar surface area (TPSA) is 75.3 Å². The molecule has 1 atom stereocenters. The lowest BCUT2D eigenvalue weighted by Crippen LogP contribution is -2.40. The van der Waals surface area contributed by atoms with Gasteiger partial charge in [-0.2, -0.15) is 0 Å². The maximum absolute atomic E-state index is 12.3. The van der Waals surface area contributed by atoms with Crippen LogP contribution in [-0.2, 0) is 21.2 Å². The first-order valence-electron chi connectivity index (χ1n) is 9.14. The Bertz CT molecular complexity index is 902. The number of carbonyl (C=O) groups is 1. The van der Waals surface area contributed by atoms with Gasteiger partial charge in [0, 0.05) is 16.4 Å². The van der Waals surface area contributed by atoms with Crippen LogP contribution in [0.3, 0.4) is 0 Å². The van der Waals surface area contributed by atoms with Crippen LogP contribution in [0.25, 0.3) is 0 Å². The molecule has 0 bridgehead atoms. The first-order chi connectivity index (χ1) is 13.0. The van der Waals surface area contributed by atoms with Crippen molar-refractivity contribution in [3.63, 3.8) is 0 Å². The quantitative estimate of drug-likeness (QED) is 0.637. The average molecular weight is 467 g/mol. The van der Waals surface area contributed by atoms with E-state index in [2.05, 4.69) is 26.0 Å². The van der Waals surface area contributed by atoms with Gasteiger partial charge in [0.2, 0.25) is 15.9 Å². The molecule has 0 spiro atoms. The summed E-state index contributed by atoms with van der Waals surface area (Å²) in [5, 5.41) is 2.99. The maximum Gasteiger partial charge on any atom is 0.241 e. The highest BCUT2D eigenvalue weighted by molar-refractivity contribution is 9.10. The van der Waals surface area contributed by atoms with Gasteiger partial charge < -0.3 is 5.32 Å². The van der Waals surface area contributed by atoms with Crippen LogP contribution in [0.15, 0.2) is 57.9 Å².